The molecule has 0 aromatic heterocycles. The Hall–Kier alpha value is -2.89. The van der Waals surface area contributed by atoms with Gasteiger partial charge in [0.1, 0.15) is 18.8 Å². The molecule has 0 atom stereocenters. The van der Waals surface area contributed by atoms with E-state index in [-0.39, 0.29) is 18.1 Å². The molecule has 1 saturated heterocycles. The number of amidine groups is 1. The molecule has 2 aromatic carbocycles. The fourth-order valence-electron chi connectivity index (χ4n) is 2.88. The van der Waals surface area contributed by atoms with Crippen LogP contribution in [0.15, 0.2) is 53.7 Å². The van der Waals surface area contributed by atoms with Gasteiger partial charge >= 0.3 is 0 Å². The second kappa shape index (κ2) is 7.79. The molecule has 1 fully saturated rings. The summed E-state index contributed by atoms with van der Waals surface area (Å²) in [6.07, 6.45) is 1.92. The van der Waals surface area contributed by atoms with Gasteiger partial charge in [-0.15, -0.1) is 0 Å². The van der Waals surface area contributed by atoms with Crippen LogP contribution in [-0.4, -0.2) is 25.4 Å². The molecule has 5 nitrogen and oxygen atoms in total. The van der Waals surface area contributed by atoms with Crippen molar-refractivity contribution >= 4 is 23.1 Å². The number of nitrogens with one attached hydrogen (secondary N) is 1. The van der Waals surface area contributed by atoms with Gasteiger partial charge < -0.3 is 15.1 Å². The van der Waals surface area contributed by atoms with Crippen molar-refractivity contribution < 1.29 is 14.0 Å². The molecule has 1 amide bonds. The minimum absolute atomic E-state index is 0.00515. The van der Waals surface area contributed by atoms with E-state index in [1.54, 1.807) is 18.2 Å². The van der Waals surface area contributed by atoms with Crippen molar-refractivity contribution in [1.82, 2.24) is 0 Å². The van der Waals surface area contributed by atoms with Crippen LogP contribution in [0.3, 0.4) is 0 Å². The lowest BCUT2D eigenvalue weighted by Crippen LogP contribution is -2.24. The number of rotatable bonds is 5. The average molecular weight is 341 g/mol. The van der Waals surface area contributed by atoms with Gasteiger partial charge in [-0.25, -0.2) is 4.39 Å². The summed E-state index contributed by atoms with van der Waals surface area (Å²) in [4.78, 5) is 19.1. The maximum atomic E-state index is 13.6. The molecule has 0 aliphatic carbocycles. The molecule has 2 aromatic rings. The van der Waals surface area contributed by atoms with E-state index in [4.69, 9.17) is 4.84 Å². The first-order valence-electron chi connectivity index (χ1n) is 8.18. The zero-order chi connectivity index (χ0) is 17.6. The largest absolute Gasteiger partial charge is 0.398 e. The van der Waals surface area contributed by atoms with E-state index < -0.39 is 0 Å². The summed E-state index contributed by atoms with van der Waals surface area (Å²) in [6, 6.07) is 13.8. The number of carbonyl (C=O) groups is 1. The number of hydrogen-bond donors (Lipinski definition) is 1. The van der Waals surface area contributed by atoms with Crippen LogP contribution in [0.5, 0.6) is 0 Å². The van der Waals surface area contributed by atoms with Gasteiger partial charge in [-0.1, -0.05) is 23.4 Å². The predicted octanol–water partition coefficient (Wildman–Crippen LogP) is 3.57. The number of amides is 1. The van der Waals surface area contributed by atoms with Crippen molar-refractivity contribution in [3.63, 3.8) is 0 Å². The predicted molar refractivity (Wildman–Crippen MR) is 96.2 cm³/mol. The molecule has 1 N–H and O–H groups in total. The quantitative estimate of drug-likeness (QED) is 0.846. The minimum atomic E-state index is -0.369. The number of carbonyl (C=O) groups excluding carboxylic acids is 1. The first-order valence-corrected chi connectivity index (χ1v) is 8.18. The molecular weight excluding hydrogens is 321 g/mol. The Kier molecular flexibility index (Phi) is 5.28. The van der Waals surface area contributed by atoms with Crippen LogP contribution in [0.2, 0.25) is 0 Å². The number of halogens is 1. The molecule has 0 saturated carbocycles. The first kappa shape index (κ1) is 17.0. The molecular formula is C19H20FN3O2. The van der Waals surface area contributed by atoms with Gasteiger partial charge in [-0.3, -0.25) is 4.79 Å². The average Bonchev–Trinajstić information content (AvgIpc) is 3.06. The molecule has 0 bridgehead atoms. The van der Waals surface area contributed by atoms with E-state index in [9.17, 15) is 9.18 Å². The lowest BCUT2D eigenvalue weighted by Gasteiger charge is -2.18. The fraction of sp³-hybridized carbons (Fsp3) is 0.263. The molecule has 0 unspecified atom stereocenters. The highest BCUT2D eigenvalue weighted by molar-refractivity contribution is 5.99. The number of benzene rings is 2. The summed E-state index contributed by atoms with van der Waals surface area (Å²) >= 11 is 0. The van der Waals surface area contributed by atoms with Crippen LogP contribution in [0.25, 0.3) is 0 Å². The fourth-order valence-corrected chi connectivity index (χ4v) is 2.88. The molecule has 0 radical (unpaired) electrons. The van der Waals surface area contributed by atoms with Crippen molar-refractivity contribution in [3.05, 3.63) is 59.9 Å². The Balaban J connectivity index is 1.64. The highest BCUT2D eigenvalue weighted by Crippen LogP contribution is 2.24. The second-order valence-corrected chi connectivity index (χ2v) is 5.81. The lowest BCUT2D eigenvalue weighted by atomic mass is 10.1. The summed E-state index contributed by atoms with van der Waals surface area (Å²) in [5.74, 6) is 0.284. The SMILES string of the molecule is CON=C1CCCN1c1ccc(NC(=O)Cc2ccccc2F)cc1. The van der Waals surface area contributed by atoms with E-state index in [1.807, 2.05) is 24.3 Å². The summed E-state index contributed by atoms with van der Waals surface area (Å²) in [5.41, 5.74) is 2.06. The van der Waals surface area contributed by atoms with Crippen LogP contribution in [-0.2, 0) is 16.1 Å². The zero-order valence-corrected chi connectivity index (χ0v) is 14.0. The second-order valence-electron chi connectivity index (χ2n) is 5.81. The van der Waals surface area contributed by atoms with E-state index >= 15 is 0 Å². The molecule has 130 valence electrons. The van der Waals surface area contributed by atoms with Gasteiger partial charge in [0, 0.05) is 24.3 Å². The van der Waals surface area contributed by atoms with Gasteiger partial charge in [0.2, 0.25) is 5.91 Å². The van der Waals surface area contributed by atoms with Gasteiger partial charge in [0.25, 0.3) is 0 Å². The third kappa shape index (κ3) is 4.15. The highest BCUT2D eigenvalue weighted by Gasteiger charge is 2.20. The summed E-state index contributed by atoms with van der Waals surface area (Å²) in [7, 11) is 1.54. The minimum Gasteiger partial charge on any atom is -0.398 e. The summed E-state index contributed by atoms with van der Waals surface area (Å²) in [6.45, 7) is 0.890. The maximum absolute atomic E-state index is 13.6. The topological polar surface area (TPSA) is 53.9 Å². The van der Waals surface area contributed by atoms with Crippen LogP contribution in [0.1, 0.15) is 18.4 Å². The van der Waals surface area contributed by atoms with Gasteiger partial charge in [0.05, 0.1) is 6.42 Å². The Morgan fingerprint density at radius 2 is 2.00 bits per heavy atom. The van der Waals surface area contributed by atoms with E-state index in [0.717, 1.165) is 30.9 Å². The number of anilines is 2. The van der Waals surface area contributed by atoms with Crippen LogP contribution in [0.4, 0.5) is 15.8 Å². The smallest absolute Gasteiger partial charge is 0.228 e. The van der Waals surface area contributed by atoms with E-state index in [1.165, 1.54) is 13.2 Å². The molecule has 1 heterocycles. The Labute approximate surface area is 146 Å². The number of nitrogens with zero attached hydrogens (tertiary/aromatic N) is 2. The standard InChI is InChI=1S/C19H20FN3O2/c1-25-22-18-7-4-12-23(18)16-10-8-15(9-11-16)21-19(24)13-14-5-2-3-6-17(14)20/h2-3,5-6,8-11H,4,7,12-13H2,1H3,(H,21,24). The van der Waals surface area contributed by atoms with Crippen molar-refractivity contribution in [1.29, 1.82) is 0 Å². The molecule has 0 spiro atoms. The van der Waals surface area contributed by atoms with Crippen LogP contribution in [0, 0.1) is 5.82 Å². The first-order chi connectivity index (χ1) is 12.2. The third-order valence-electron chi connectivity index (χ3n) is 4.06. The third-order valence-corrected chi connectivity index (χ3v) is 4.06. The van der Waals surface area contributed by atoms with Crippen molar-refractivity contribution in [2.45, 2.75) is 19.3 Å². The number of hydrogen-bond acceptors (Lipinski definition) is 3. The van der Waals surface area contributed by atoms with Crippen LogP contribution >= 0.6 is 0 Å². The Bertz CT molecular complexity index is 774. The van der Waals surface area contributed by atoms with Gasteiger partial charge in [-0.05, 0) is 42.3 Å². The normalized spacial score (nSPS) is 15.4. The molecule has 1 aliphatic rings. The molecule has 6 heteroatoms. The van der Waals surface area contributed by atoms with Crippen molar-refractivity contribution in [3.8, 4) is 0 Å². The highest BCUT2D eigenvalue weighted by atomic mass is 19.1. The van der Waals surface area contributed by atoms with Gasteiger partial charge in [-0.2, -0.15) is 0 Å². The Morgan fingerprint density at radius 1 is 1.24 bits per heavy atom. The van der Waals surface area contributed by atoms with Crippen molar-refractivity contribution in [2.75, 3.05) is 23.9 Å². The summed E-state index contributed by atoms with van der Waals surface area (Å²) < 4.78 is 13.6. The maximum Gasteiger partial charge on any atom is 0.228 e. The molecule has 3 rings (SSSR count). The summed E-state index contributed by atoms with van der Waals surface area (Å²) in [5, 5.41) is 6.84. The van der Waals surface area contributed by atoms with Gasteiger partial charge in [0.15, 0.2) is 0 Å². The molecule has 1 aliphatic heterocycles. The zero-order valence-electron chi connectivity index (χ0n) is 14.0. The molecule has 25 heavy (non-hydrogen) atoms. The number of oxime groups is 1. The monoisotopic (exact) mass is 341 g/mol. The lowest BCUT2D eigenvalue weighted by molar-refractivity contribution is -0.115. The van der Waals surface area contributed by atoms with Crippen molar-refractivity contribution in [2.24, 2.45) is 5.16 Å². The Morgan fingerprint density at radius 3 is 2.72 bits per heavy atom. The van der Waals surface area contributed by atoms with E-state index in [2.05, 4.69) is 15.4 Å². The van der Waals surface area contributed by atoms with E-state index in [0.29, 0.717) is 11.3 Å². The van der Waals surface area contributed by atoms with Crippen LogP contribution < -0.4 is 10.2 Å².